The summed E-state index contributed by atoms with van der Waals surface area (Å²) in [5, 5.41) is 3.06. The topological polar surface area (TPSA) is 49.4 Å². The lowest BCUT2D eigenvalue weighted by Crippen LogP contribution is -2.28. The van der Waals surface area contributed by atoms with E-state index in [2.05, 4.69) is 5.32 Å². The van der Waals surface area contributed by atoms with Crippen LogP contribution in [0.5, 0.6) is 0 Å². The van der Waals surface area contributed by atoms with Gasteiger partial charge in [0.15, 0.2) is 11.6 Å². The maximum atomic E-state index is 13.2. The van der Waals surface area contributed by atoms with E-state index in [-0.39, 0.29) is 24.6 Å². The maximum Gasteiger partial charge on any atom is 0.229 e. The summed E-state index contributed by atoms with van der Waals surface area (Å²) in [6.07, 6.45) is 0.0431. The number of carbonyl (C=O) groups is 2. The van der Waals surface area contributed by atoms with Crippen molar-refractivity contribution < 1.29 is 18.4 Å². The van der Waals surface area contributed by atoms with Gasteiger partial charge in [0, 0.05) is 35.4 Å². The monoisotopic (exact) mass is 364 g/mol. The lowest BCUT2D eigenvalue weighted by Gasteiger charge is -2.19. The first-order valence-corrected chi connectivity index (χ1v) is 8.06. The van der Waals surface area contributed by atoms with Crippen LogP contribution < -0.4 is 10.2 Å². The van der Waals surface area contributed by atoms with Crippen molar-refractivity contribution >= 4 is 34.8 Å². The number of anilines is 2. The second kappa shape index (κ2) is 6.80. The van der Waals surface area contributed by atoms with Gasteiger partial charge in [0.2, 0.25) is 11.8 Å². The van der Waals surface area contributed by atoms with Crippen molar-refractivity contribution in [2.75, 3.05) is 16.8 Å². The molecule has 1 atom stereocenters. The normalized spacial score (nSPS) is 17.0. The van der Waals surface area contributed by atoms with Gasteiger partial charge in [0.1, 0.15) is 0 Å². The third kappa shape index (κ3) is 3.49. The van der Waals surface area contributed by atoms with Crippen LogP contribution in [0.1, 0.15) is 12.0 Å². The Balaban J connectivity index is 1.74. The molecule has 0 saturated carbocycles. The first-order chi connectivity index (χ1) is 11.9. The van der Waals surface area contributed by atoms with Gasteiger partial charge in [0.05, 0.1) is 5.92 Å². The number of benzene rings is 2. The number of amides is 2. The Kier molecular flexibility index (Phi) is 4.72. The highest BCUT2D eigenvalue weighted by Gasteiger charge is 2.35. The van der Waals surface area contributed by atoms with E-state index in [0.29, 0.717) is 10.7 Å². The van der Waals surface area contributed by atoms with Gasteiger partial charge in [-0.3, -0.25) is 9.59 Å². The fraction of sp³-hybridized carbons (Fsp3) is 0.222. The molecule has 0 aromatic heterocycles. The zero-order valence-corrected chi connectivity index (χ0v) is 14.1. The standard InChI is InChI=1S/C18H15ClF2N2O2/c1-10-13(19)3-2-4-16(10)23-9-11(7-17(23)24)18(25)22-12-5-6-14(20)15(21)8-12/h2-6,8,11H,7,9H2,1H3,(H,22,25). The summed E-state index contributed by atoms with van der Waals surface area (Å²) in [4.78, 5) is 26.2. The van der Waals surface area contributed by atoms with Crippen molar-refractivity contribution in [1.29, 1.82) is 0 Å². The minimum absolute atomic E-state index is 0.0431. The Morgan fingerprint density at radius 2 is 2.00 bits per heavy atom. The first kappa shape index (κ1) is 17.4. The Hall–Kier alpha value is -2.47. The highest BCUT2D eigenvalue weighted by molar-refractivity contribution is 6.31. The van der Waals surface area contributed by atoms with E-state index in [0.717, 1.165) is 17.7 Å². The molecule has 1 aliphatic rings. The summed E-state index contributed by atoms with van der Waals surface area (Å²) >= 11 is 6.09. The Labute approximate surface area is 148 Å². The molecule has 2 amide bonds. The molecular formula is C18H15ClF2N2O2. The molecule has 1 fully saturated rings. The van der Waals surface area contributed by atoms with Crippen molar-refractivity contribution in [1.82, 2.24) is 0 Å². The lowest BCUT2D eigenvalue weighted by atomic mass is 10.1. The second-order valence-electron chi connectivity index (χ2n) is 5.91. The van der Waals surface area contributed by atoms with Gasteiger partial charge in [0.25, 0.3) is 0 Å². The highest BCUT2D eigenvalue weighted by Crippen LogP contribution is 2.31. The summed E-state index contributed by atoms with van der Waals surface area (Å²) in [5.41, 5.74) is 1.58. The molecule has 0 bridgehead atoms. The van der Waals surface area contributed by atoms with Crippen LogP contribution in [-0.4, -0.2) is 18.4 Å². The van der Waals surface area contributed by atoms with E-state index in [1.807, 2.05) is 0 Å². The van der Waals surface area contributed by atoms with E-state index in [4.69, 9.17) is 11.6 Å². The van der Waals surface area contributed by atoms with Gasteiger partial charge < -0.3 is 10.2 Å². The number of carbonyl (C=O) groups excluding carboxylic acids is 2. The van der Waals surface area contributed by atoms with Gasteiger partial charge in [-0.05, 0) is 36.8 Å². The van der Waals surface area contributed by atoms with E-state index in [1.165, 1.54) is 11.0 Å². The van der Waals surface area contributed by atoms with Crippen LogP contribution in [0.15, 0.2) is 36.4 Å². The number of nitrogens with zero attached hydrogens (tertiary/aromatic N) is 1. The van der Waals surface area contributed by atoms with Crippen molar-refractivity contribution in [3.63, 3.8) is 0 Å². The fourth-order valence-corrected chi connectivity index (χ4v) is 2.99. The molecule has 1 aliphatic heterocycles. The molecule has 0 spiro atoms. The van der Waals surface area contributed by atoms with Crippen LogP contribution in [-0.2, 0) is 9.59 Å². The molecule has 1 saturated heterocycles. The molecule has 0 radical (unpaired) electrons. The predicted octanol–water partition coefficient (Wildman–Crippen LogP) is 3.92. The molecule has 7 heteroatoms. The van der Waals surface area contributed by atoms with Gasteiger partial charge in [-0.25, -0.2) is 8.78 Å². The molecule has 3 rings (SSSR count). The van der Waals surface area contributed by atoms with Crippen molar-refractivity contribution in [2.24, 2.45) is 5.92 Å². The van der Waals surface area contributed by atoms with E-state index in [9.17, 15) is 18.4 Å². The number of nitrogens with one attached hydrogen (secondary N) is 1. The van der Waals surface area contributed by atoms with E-state index in [1.54, 1.807) is 25.1 Å². The summed E-state index contributed by atoms with van der Waals surface area (Å²) in [5.74, 6) is -3.22. The molecule has 1 heterocycles. The predicted molar refractivity (Wildman–Crippen MR) is 91.6 cm³/mol. The molecule has 2 aromatic rings. The summed E-state index contributed by atoms with van der Waals surface area (Å²) in [6.45, 7) is 2.01. The molecule has 1 N–H and O–H groups in total. The third-order valence-electron chi connectivity index (χ3n) is 4.21. The number of hydrogen-bond donors (Lipinski definition) is 1. The van der Waals surface area contributed by atoms with Gasteiger partial charge >= 0.3 is 0 Å². The number of rotatable bonds is 3. The molecule has 1 unspecified atom stereocenters. The highest BCUT2D eigenvalue weighted by atomic mass is 35.5. The van der Waals surface area contributed by atoms with Crippen LogP contribution in [0.4, 0.5) is 20.2 Å². The second-order valence-corrected chi connectivity index (χ2v) is 6.31. The van der Waals surface area contributed by atoms with Crippen LogP contribution in [0, 0.1) is 24.5 Å². The molecule has 130 valence electrons. The zero-order valence-electron chi connectivity index (χ0n) is 13.4. The van der Waals surface area contributed by atoms with Crippen LogP contribution in [0.25, 0.3) is 0 Å². The Morgan fingerprint density at radius 1 is 1.24 bits per heavy atom. The average molecular weight is 365 g/mol. The number of hydrogen-bond acceptors (Lipinski definition) is 2. The molecule has 2 aromatic carbocycles. The summed E-state index contributed by atoms with van der Waals surface area (Å²) < 4.78 is 26.2. The van der Waals surface area contributed by atoms with Gasteiger partial charge in [-0.1, -0.05) is 17.7 Å². The lowest BCUT2D eigenvalue weighted by molar-refractivity contribution is -0.122. The SMILES string of the molecule is Cc1c(Cl)cccc1N1CC(C(=O)Nc2ccc(F)c(F)c2)CC1=O. The summed E-state index contributed by atoms with van der Waals surface area (Å²) in [6, 6.07) is 8.36. The van der Waals surface area contributed by atoms with E-state index < -0.39 is 23.5 Å². The van der Waals surface area contributed by atoms with Crippen LogP contribution in [0.3, 0.4) is 0 Å². The summed E-state index contributed by atoms with van der Waals surface area (Å²) in [7, 11) is 0. The average Bonchev–Trinajstić information content (AvgIpc) is 2.95. The van der Waals surface area contributed by atoms with Gasteiger partial charge in [-0.15, -0.1) is 0 Å². The Bertz CT molecular complexity index is 857. The minimum atomic E-state index is -1.04. The largest absolute Gasteiger partial charge is 0.326 e. The number of halogens is 3. The quantitative estimate of drug-likeness (QED) is 0.897. The minimum Gasteiger partial charge on any atom is -0.326 e. The molecule has 4 nitrogen and oxygen atoms in total. The van der Waals surface area contributed by atoms with Gasteiger partial charge in [-0.2, -0.15) is 0 Å². The smallest absolute Gasteiger partial charge is 0.229 e. The van der Waals surface area contributed by atoms with Crippen molar-refractivity contribution in [2.45, 2.75) is 13.3 Å². The zero-order chi connectivity index (χ0) is 18.1. The first-order valence-electron chi connectivity index (χ1n) is 7.68. The maximum absolute atomic E-state index is 13.2. The van der Waals surface area contributed by atoms with Crippen LogP contribution in [0.2, 0.25) is 5.02 Å². The fourth-order valence-electron chi connectivity index (χ4n) is 2.82. The van der Waals surface area contributed by atoms with Crippen molar-refractivity contribution in [3.05, 3.63) is 58.6 Å². The third-order valence-corrected chi connectivity index (χ3v) is 4.62. The van der Waals surface area contributed by atoms with Crippen LogP contribution >= 0.6 is 11.6 Å². The van der Waals surface area contributed by atoms with E-state index >= 15 is 0 Å². The molecular weight excluding hydrogens is 350 g/mol. The molecule has 0 aliphatic carbocycles. The molecule has 25 heavy (non-hydrogen) atoms. The Morgan fingerprint density at radius 3 is 2.72 bits per heavy atom. The van der Waals surface area contributed by atoms with Crippen molar-refractivity contribution in [3.8, 4) is 0 Å².